The van der Waals surface area contributed by atoms with Crippen molar-refractivity contribution in [3.63, 3.8) is 0 Å². The molecule has 0 radical (unpaired) electrons. The number of aromatic amines is 1. The third kappa shape index (κ3) is 3.54. The van der Waals surface area contributed by atoms with Crippen molar-refractivity contribution < 1.29 is 4.79 Å². The number of anilines is 1. The van der Waals surface area contributed by atoms with E-state index in [-0.39, 0.29) is 5.91 Å². The zero-order chi connectivity index (χ0) is 13.7. The number of hydrogen-bond donors (Lipinski definition) is 3. The molecule has 0 aliphatic carbocycles. The lowest BCUT2D eigenvalue weighted by Crippen LogP contribution is -2.23. The van der Waals surface area contributed by atoms with Crippen LogP contribution in [0.4, 0.5) is 5.82 Å². The molecular weight excluding hydrogens is 242 g/mol. The van der Waals surface area contributed by atoms with E-state index in [2.05, 4.69) is 25.8 Å². The lowest BCUT2D eigenvalue weighted by molar-refractivity contribution is 0.0950. The second kappa shape index (κ2) is 5.99. The van der Waals surface area contributed by atoms with E-state index in [0.717, 1.165) is 23.6 Å². The van der Waals surface area contributed by atoms with Gasteiger partial charge in [0.1, 0.15) is 5.82 Å². The Hall–Kier alpha value is -2.37. The van der Waals surface area contributed by atoms with Gasteiger partial charge in [0.2, 0.25) is 0 Å². The number of hydrogen-bond acceptors (Lipinski definition) is 4. The molecule has 2 rings (SSSR count). The SMILES string of the molecule is CCNc1cc(C(=O)NCc2cn[nH]c2)cc(C)n1. The zero-order valence-electron chi connectivity index (χ0n) is 11.0. The molecule has 6 nitrogen and oxygen atoms in total. The van der Waals surface area contributed by atoms with Crippen LogP contribution in [0.3, 0.4) is 0 Å². The molecule has 6 heteroatoms. The number of pyridine rings is 1. The number of aryl methyl sites for hydroxylation is 1. The van der Waals surface area contributed by atoms with Crippen LogP contribution in [0.5, 0.6) is 0 Å². The Bertz CT molecular complexity index is 550. The fraction of sp³-hybridized carbons (Fsp3) is 0.308. The molecule has 0 saturated carbocycles. The normalized spacial score (nSPS) is 10.2. The second-order valence-corrected chi connectivity index (χ2v) is 4.20. The summed E-state index contributed by atoms with van der Waals surface area (Å²) in [6, 6.07) is 3.52. The molecule has 0 spiro atoms. The van der Waals surface area contributed by atoms with Gasteiger partial charge in [-0.3, -0.25) is 9.89 Å². The fourth-order valence-electron chi connectivity index (χ4n) is 1.73. The third-order valence-corrected chi connectivity index (χ3v) is 2.58. The number of nitrogens with zero attached hydrogens (tertiary/aromatic N) is 2. The molecule has 100 valence electrons. The highest BCUT2D eigenvalue weighted by molar-refractivity contribution is 5.94. The van der Waals surface area contributed by atoms with Crippen molar-refractivity contribution in [1.29, 1.82) is 0 Å². The number of aromatic nitrogens is 3. The number of H-pyrrole nitrogens is 1. The first-order valence-corrected chi connectivity index (χ1v) is 6.17. The molecule has 0 saturated heterocycles. The summed E-state index contributed by atoms with van der Waals surface area (Å²) in [5, 5.41) is 12.5. The van der Waals surface area contributed by atoms with E-state index >= 15 is 0 Å². The van der Waals surface area contributed by atoms with E-state index in [9.17, 15) is 4.79 Å². The quantitative estimate of drug-likeness (QED) is 0.759. The molecule has 0 unspecified atom stereocenters. The Morgan fingerprint density at radius 2 is 2.26 bits per heavy atom. The van der Waals surface area contributed by atoms with E-state index in [1.807, 2.05) is 13.8 Å². The van der Waals surface area contributed by atoms with Crippen LogP contribution in [0.2, 0.25) is 0 Å². The molecule has 0 atom stereocenters. The van der Waals surface area contributed by atoms with Crippen molar-refractivity contribution in [2.24, 2.45) is 0 Å². The smallest absolute Gasteiger partial charge is 0.251 e. The summed E-state index contributed by atoms with van der Waals surface area (Å²) in [6.45, 7) is 5.08. The van der Waals surface area contributed by atoms with Crippen LogP contribution in [-0.4, -0.2) is 27.6 Å². The number of amides is 1. The molecule has 2 aromatic rings. The molecule has 0 bridgehead atoms. The summed E-state index contributed by atoms with van der Waals surface area (Å²) >= 11 is 0. The van der Waals surface area contributed by atoms with Gasteiger partial charge in [0, 0.05) is 36.1 Å². The van der Waals surface area contributed by atoms with Crippen molar-refractivity contribution in [3.05, 3.63) is 41.3 Å². The highest BCUT2D eigenvalue weighted by atomic mass is 16.1. The van der Waals surface area contributed by atoms with Crippen LogP contribution in [0.25, 0.3) is 0 Å². The van der Waals surface area contributed by atoms with Gasteiger partial charge in [0.25, 0.3) is 5.91 Å². The van der Waals surface area contributed by atoms with Crippen molar-refractivity contribution in [3.8, 4) is 0 Å². The standard InChI is InChI=1S/C13H17N5O/c1-3-14-12-5-11(4-9(2)18-12)13(19)15-6-10-7-16-17-8-10/h4-5,7-8H,3,6H2,1-2H3,(H,14,18)(H,15,19)(H,16,17). The van der Waals surface area contributed by atoms with E-state index in [0.29, 0.717) is 12.1 Å². The first-order chi connectivity index (χ1) is 9.19. The number of rotatable bonds is 5. The van der Waals surface area contributed by atoms with Gasteiger partial charge >= 0.3 is 0 Å². The van der Waals surface area contributed by atoms with Gasteiger partial charge in [-0.25, -0.2) is 4.98 Å². The number of carbonyl (C=O) groups is 1. The summed E-state index contributed by atoms with van der Waals surface area (Å²) in [5.74, 6) is 0.599. The first kappa shape index (κ1) is 13.1. The maximum atomic E-state index is 12.1. The van der Waals surface area contributed by atoms with Gasteiger partial charge in [-0.15, -0.1) is 0 Å². The number of nitrogens with one attached hydrogen (secondary N) is 3. The Morgan fingerprint density at radius 3 is 2.95 bits per heavy atom. The molecule has 0 aliphatic heterocycles. The van der Waals surface area contributed by atoms with Crippen LogP contribution >= 0.6 is 0 Å². The summed E-state index contributed by atoms with van der Waals surface area (Å²) in [4.78, 5) is 16.4. The molecule has 0 fully saturated rings. The first-order valence-electron chi connectivity index (χ1n) is 6.17. The zero-order valence-corrected chi connectivity index (χ0v) is 11.0. The van der Waals surface area contributed by atoms with E-state index in [4.69, 9.17) is 0 Å². The van der Waals surface area contributed by atoms with Crippen LogP contribution < -0.4 is 10.6 Å². The van der Waals surface area contributed by atoms with E-state index < -0.39 is 0 Å². The Labute approximate surface area is 111 Å². The van der Waals surface area contributed by atoms with E-state index in [1.165, 1.54) is 0 Å². The Balaban J connectivity index is 2.05. The molecule has 0 aromatic carbocycles. The van der Waals surface area contributed by atoms with Crippen molar-refractivity contribution in [1.82, 2.24) is 20.5 Å². The van der Waals surface area contributed by atoms with Crippen molar-refractivity contribution in [2.75, 3.05) is 11.9 Å². The van der Waals surface area contributed by atoms with Gasteiger partial charge in [0.15, 0.2) is 0 Å². The molecule has 0 aliphatic rings. The minimum absolute atomic E-state index is 0.120. The maximum absolute atomic E-state index is 12.1. The average Bonchev–Trinajstić information content (AvgIpc) is 2.88. The monoisotopic (exact) mass is 259 g/mol. The fourth-order valence-corrected chi connectivity index (χ4v) is 1.73. The van der Waals surface area contributed by atoms with Crippen LogP contribution in [0.15, 0.2) is 24.5 Å². The van der Waals surface area contributed by atoms with Gasteiger partial charge < -0.3 is 10.6 Å². The van der Waals surface area contributed by atoms with Gasteiger partial charge in [-0.05, 0) is 26.0 Å². The second-order valence-electron chi connectivity index (χ2n) is 4.20. The highest BCUT2D eigenvalue weighted by Gasteiger charge is 2.08. The third-order valence-electron chi connectivity index (χ3n) is 2.58. The lowest BCUT2D eigenvalue weighted by Gasteiger charge is -2.08. The summed E-state index contributed by atoms with van der Waals surface area (Å²) < 4.78 is 0. The minimum atomic E-state index is -0.120. The van der Waals surface area contributed by atoms with E-state index in [1.54, 1.807) is 24.5 Å². The minimum Gasteiger partial charge on any atom is -0.370 e. The van der Waals surface area contributed by atoms with Crippen molar-refractivity contribution in [2.45, 2.75) is 20.4 Å². The molecule has 3 N–H and O–H groups in total. The highest BCUT2D eigenvalue weighted by Crippen LogP contribution is 2.10. The predicted molar refractivity (Wildman–Crippen MR) is 72.9 cm³/mol. The largest absolute Gasteiger partial charge is 0.370 e. The number of carbonyl (C=O) groups excluding carboxylic acids is 1. The molecular formula is C13H17N5O. The molecule has 19 heavy (non-hydrogen) atoms. The van der Waals surface area contributed by atoms with Crippen molar-refractivity contribution >= 4 is 11.7 Å². The average molecular weight is 259 g/mol. The molecule has 2 heterocycles. The summed E-state index contributed by atoms with van der Waals surface area (Å²) in [6.07, 6.45) is 3.43. The topological polar surface area (TPSA) is 82.7 Å². The molecule has 2 aromatic heterocycles. The van der Waals surface area contributed by atoms with Gasteiger partial charge in [0.05, 0.1) is 6.20 Å². The van der Waals surface area contributed by atoms with Gasteiger partial charge in [-0.1, -0.05) is 0 Å². The lowest BCUT2D eigenvalue weighted by atomic mass is 10.2. The Morgan fingerprint density at radius 1 is 1.42 bits per heavy atom. The Kier molecular flexibility index (Phi) is 4.12. The summed E-state index contributed by atoms with van der Waals surface area (Å²) in [7, 11) is 0. The van der Waals surface area contributed by atoms with Gasteiger partial charge in [-0.2, -0.15) is 5.10 Å². The maximum Gasteiger partial charge on any atom is 0.251 e. The van der Waals surface area contributed by atoms with Crippen LogP contribution in [0.1, 0.15) is 28.5 Å². The van der Waals surface area contributed by atoms with Crippen LogP contribution in [-0.2, 0) is 6.54 Å². The predicted octanol–water partition coefficient (Wildman–Crippen LogP) is 1.47. The molecule has 1 amide bonds. The summed E-state index contributed by atoms with van der Waals surface area (Å²) in [5.41, 5.74) is 2.35. The van der Waals surface area contributed by atoms with Crippen LogP contribution in [0, 0.1) is 6.92 Å².